The molecule has 0 spiro atoms. The van der Waals surface area contributed by atoms with E-state index in [1.54, 1.807) is 0 Å². The minimum Gasteiger partial charge on any atom is -0.308 e. The third-order valence-electron chi connectivity index (χ3n) is 1.04. The first kappa shape index (κ1) is 9.24. The third-order valence-corrected chi connectivity index (χ3v) is 1.04. The molecule has 1 atom stereocenters. The van der Waals surface area contributed by atoms with Gasteiger partial charge in [-0.2, -0.15) is 18.4 Å². The zero-order valence-electron chi connectivity index (χ0n) is 5.37. The van der Waals surface area contributed by atoms with Crippen molar-refractivity contribution in [3.8, 4) is 6.07 Å². The summed E-state index contributed by atoms with van der Waals surface area (Å²) in [4.78, 5) is 0. The van der Waals surface area contributed by atoms with Gasteiger partial charge in [-0.25, -0.2) is 0 Å². The van der Waals surface area contributed by atoms with Gasteiger partial charge in [0, 0.05) is 0 Å². The number of nitriles is 1. The van der Waals surface area contributed by atoms with Gasteiger partial charge in [0.1, 0.15) is 6.04 Å². The first-order valence-corrected chi connectivity index (χ1v) is 2.63. The summed E-state index contributed by atoms with van der Waals surface area (Å²) < 4.78 is 35.1. The van der Waals surface area contributed by atoms with Crippen LogP contribution in [0.1, 0.15) is 6.42 Å². The van der Waals surface area contributed by atoms with Crippen LogP contribution in [-0.4, -0.2) is 19.3 Å². The fourth-order valence-corrected chi connectivity index (χ4v) is 0.473. The van der Waals surface area contributed by atoms with Gasteiger partial charge < -0.3 is 5.32 Å². The van der Waals surface area contributed by atoms with Crippen LogP contribution in [-0.2, 0) is 0 Å². The molecule has 0 aromatic rings. The minimum absolute atomic E-state index is 0.542. The van der Waals surface area contributed by atoms with Crippen molar-refractivity contribution < 1.29 is 13.2 Å². The average Bonchev–Trinajstić information content (AvgIpc) is 1.80. The Labute approximate surface area is 56.6 Å². The van der Waals surface area contributed by atoms with Crippen LogP contribution >= 0.6 is 0 Å². The molecule has 1 unspecified atom stereocenters. The van der Waals surface area contributed by atoms with E-state index in [1.807, 2.05) is 5.32 Å². The Morgan fingerprint density at radius 1 is 1.60 bits per heavy atom. The third kappa shape index (κ3) is 2.69. The molecule has 0 aliphatic carbocycles. The second-order valence-electron chi connectivity index (χ2n) is 1.75. The highest BCUT2D eigenvalue weighted by Crippen LogP contribution is 2.21. The molecule has 0 fully saturated rings. The molecule has 0 heterocycles. The van der Waals surface area contributed by atoms with Crippen LogP contribution in [0.15, 0.2) is 0 Å². The second-order valence-corrected chi connectivity index (χ2v) is 1.75. The molecule has 0 rings (SSSR count). The number of alkyl halides is 3. The van der Waals surface area contributed by atoms with Crippen molar-refractivity contribution in [2.24, 2.45) is 0 Å². The normalized spacial score (nSPS) is 14.3. The molecule has 0 aromatic heterocycles. The lowest BCUT2D eigenvalue weighted by Gasteiger charge is -2.15. The topological polar surface area (TPSA) is 35.8 Å². The van der Waals surface area contributed by atoms with Crippen molar-refractivity contribution in [2.75, 3.05) is 7.05 Å². The van der Waals surface area contributed by atoms with Gasteiger partial charge in [-0.3, -0.25) is 0 Å². The fourth-order valence-electron chi connectivity index (χ4n) is 0.473. The van der Waals surface area contributed by atoms with Crippen molar-refractivity contribution in [3.63, 3.8) is 0 Å². The van der Waals surface area contributed by atoms with Crippen molar-refractivity contribution in [1.82, 2.24) is 5.32 Å². The van der Waals surface area contributed by atoms with E-state index in [0.717, 1.165) is 0 Å². The molecule has 0 saturated carbocycles. The zero-order valence-corrected chi connectivity index (χ0v) is 5.37. The lowest BCUT2D eigenvalue weighted by atomic mass is 10.2. The molecule has 10 heavy (non-hydrogen) atoms. The van der Waals surface area contributed by atoms with Gasteiger partial charge in [-0.15, -0.1) is 0 Å². The molecule has 1 N–H and O–H groups in total. The fraction of sp³-hybridized carbons (Fsp3) is 0.800. The van der Waals surface area contributed by atoms with Gasteiger partial charge in [0.2, 0.25) is 0 Å². The minimum atomic E-state index is -4.31. The number of nitrogens with one attached hydrogen (secondary N) is 1. The molecule has 0 aromatic carbocycles. The highest BCUT2D eigenvalue weighted by Gasteiger charge is 2.37. The summed E-state index contributed by atoms with van der Waals surface area (Å²) >= 11 is 0. The van der Waals surface area contributed by atoms with E-state index in [0.29, 0.717) is 0 Å². The molecule has 0 bridgehead atoms. The molecule has 0 saturated heterocycles. The molecule has 2 nitrogen and oxygen atoms in total. The molecule has 0 aliphatic rings. The summed E-state index contributed by atoms with van der Waals surface area (Å²) in [5.74, 6) is 0. The van der Waals surface area contributed by atoms with E-state index in [2.05, 4.69) is 0 Å². The molecule has 0 aliphatic heterocycles. The largest absolute Gasteiger partial charge is 0.404 e. The Morgan fingerprint density at radius 2 is 2.10 bits per heavy atom. The van der Waals surface area contributed by atoms with Crippen LogP contribution in [0.25, 0.3) is 0 Å². The SMILES string of the molecule is CNC(CC#N)C(F)(F)F. The number of hydrogen-bond acceptors (Lipinski definition) is 2. The smallest absolute Gasteiger partial charge is 0.308 e. The Balaban J connectivity index is 3.97. The number of halogens is 3. The lowest BCUT2D eigenvalue weighted by Crippen LogP contribution is -2.39. The van der Waals surface area contributed by atoms with Gasteiger partial charge in [-0.05, 0) is 7.05 Å². The monoisotopic (exact) mass is 152 g/mol. The first-order valence-electron chi connectivity index (χ1n) is 2.63. The van der Waals surface area contributed by atoms with E-state index in [-0.39, 0.29) is 0 Å². The van der Waals surface area contributed by atoms with E-state index < -0.39 is 18.6 Å². The molecule has 0 radical (unpaired) electrons. The maximum Gasteiger partial charge on any atom is 0.404 e. The van der Waals surface area contributed by atoms with Crippen molar-refractivity contribution in [1.29, 1.82) is 5.26 Å². The highest BCUT2D eigenvalue weighted by atomic mass is 19.4. The Kier molecular flexibility index (Phi) is 3.16. The van der Waals surface area contributed by atoms with Crippen molar-refractivity contribution >= 4 is 0 Å². The summed E-state index contributed by atoms with van der Waals surface area (Å²) in [6.07, 6.45) is -4.86. The summed E-state index contributed by atoms with van der Waals surface area (Å²) in [5.41, 5.74) is 0. The van der Waals surface area contributed by atoms with Gasteiger partial charge >= 0.3 is 6.18 Å². The van der Waals surface area contributed by atoms with Crippen LogP contribution in [0.3, 0.4) is 0 Å². The Morgan fingerprint density at radius 3 is 2.20 bits per heavy atom. The molecule has 58 valence electrons. The van der Waals surface area contributed by atoms with Crippen LogP contribution in [0, 0.1) is 11.3 Å². The Hall–Kier alpha value is -0.760. The van der Waals surface area contributed by atoms with Crippen LogP contribution in [0.4, 0.5) is 13.2 Å². The number of nitrogens with zero attached hydrogens (tertiary/aromatic N) is 1. The quantitative estimate of drug-likeness (QED) is 0.641. The standard InChI is InChI=1S/C5H7F3N2/c1-10-4(2-3-9)5(6,7)8/h4,10H,2H2,1H3. The van der Waals surface area contributed by atoms with Gasteiger partial charge in [0.25, 0.3) is 0 Å². The summed E-state index contributed by atoms with van der Waals surface area (Å²) in [6.45, 7) is 0. The zero-order chi connectivity index (χ0) is 8.20. The predicted molar refractivity (Wildman–Crippen MR) is 29.1 cm³/mol. The molecule has 5 heteroatoms. The van der Waals surface area contributed by atoms with Gasteiger partial charge in [-0.1, -0.05) is 0 Å². The first-order chi connectivity index (χ1) is 4.52. The van der Waals surface area contributed by atoms with E-state index in [4.69, 9.17) is 5.26 Å². The molecular weight excluding hydrogens is 145 g/mol. The van der Waals surface area contributed by atoms with Crippen LogP contribution < -0.4 is 5.32 Å². The van der Waals surface area contributed by atoms with Crippen LogP contribution in [0.2, 0.25) is 0 Å². The van der Waals surface area contributed by atoms with Crippen molar-refractivity contribution in [3.05, 3.63) is 0 Å². The average molecular weight is 152 g/mol. The summed E-state index contributed by atoms with van der Waals surface area (Å²) in [5, 5.41) is 9.94. The maximum absolute atomic E-state index is 11.7. The number of rotatable bonds is 2. The van der Waals surface area contributed by atoms with E-state index >= 15 is 0 Å². The lowest BCUT2D eigenvalue weighted by molar-refractivity contribution is -0.153. The molecular formula is C5H7F3N2. The van der Waals surface area contributed by atoms with E-state index in [9.17, 15) is 13.2 Å². The number of hydrogen-bond donors (Lipinski definition) is 1. The van der Waals surface area contributed by atoms with E-state index in [1.165, 1.54) is 13.1 Å². The second kappa shape index (κ2) is 3.42. The van der Waals surface area contributed by atoms with Crippen molar-refractivity contribution in [2.45, 2.75) is 18.6 Å². The Bertz CT molecular complexity index is 135. The maximum atomic E-state index is 11.7. The van der Waals surface area contributed by atoms with Gasteiger partial charge in [0.15, 0.2) is 0 Å². The van der Waals surface area contributed by atoms with Crippen LogP contribution in [0.5, 0.6) is 0 Å². The summed E-state index contributed by atoms with van der Waals surface area (Å²) in [6, 6.07) is -0.254. The predicted octanol–water partition coefficient (Wildman–Crippen LogP) is 1.05. The highest BCUT2D eigenvalue weighted by molar-refractivity contribution is 4.84. The molecule has 0 amide bonds. The van der Waals surface area contributed by atoms with Gasteiger partial charge in [0.05, 0.1) is 12.5 Å². The summed E-state index contributed by atoms with van der Waals surface area (Å²) in [7, 11) is 1.18.